The van der Waals surface area contributed by atoms with Crippen LogP contribution in [-0.4, -0.2) is 47.8 Å². The summed E-state index contributed by atoms with van der Waals surface area (Å²) in [5.41, 5.74) is 1.44. The second-order valence-corrected chi connectivity index (χ2v) is 7.27. The molecule has 1 N–H and O–H groups in total. The minimum absolute atomic E-state index is 0.191. The third-order valence-electron chi connectivity index (χ3n) is 4.01. The van der Waals surface area contributed by atoms with Gasteiger partial charge in [-0.3, -0.25) is 19.3 Å². The number of fused-ring (bicyclic) bond motifs is 1. The lowest BCUT2D eigenvalue weighted by atomic mass is 10.1. The first-order valence-corrected chi connectivity index (χ1v) is 9.71. The van der Waals surface area contributed by atoms with Crippen LogP contribution in [0.15, 0.2) is 42.5 Å². The van der Waals surface area contributed by atoms with Gasteiger partial charge in [0.05, 0.1) is 29.0 Å². The van der Waals surface area contributed by atoms with Crippen molar-refractivity contribution in [1.29, 1.82) is 0 Å². The second kappa shape index (κ2) is 8.45. The van der Waals surface area contributed by atoms with Gasteiger partial charge in [0, 0.05) is 18.0 Å². The minimum atomic E-state index is -0.284. The molecule has 0 saturated heterocycles. The summed E-state index contributed by atoms with van der Waals surface area (Å²) in [7, 11) is 1.52. The number of thioether (sulfide) groups is 1. The van der Waals surface area contributed by atoms with Crippen molar-refractivity contribution in [2.45, 2.75) is 0 Å². The molecule has 1 heterocycles. The number of anilines is 1. The van der Waals surface area contributed by atoms with E-state index in [0.29, 0.717) is 33.3 Å². The molecular weight excluding hydrogens is 388 g/mol. The predicted molar refractivity (Wildman–Crippen MR) is 106 cm³/mol. The maximum absolute atomic E-state index is 12.3. The molecule has 0 atom stereocenters. The molecule has 140 valence electrons. The normalized spacial score (nSPS) is 12.9. The zero-order valence-corrected chi connectivity index (χ0v) is 16.1. The summed E-state index contributed by atoms with van der Waals surface area (Å²) in [6, 6.07) is 11.8. The van der Waals surface area contributed by atoms with Crippen LogP contribution in [0.25, 0.3) is 0 Å². The Labute approximate surface area is 165 Å². The van der Waals surface area contributed by atoms with Crippen LogP contribution in [-0.2, 0) is 4.79 Å². The summed E-state index contributed by atoms with van der Waals surface area (Å²) >= 11 is 7.37. The number of amides is 3. The second-order valence-electron chi connectivity index (χ2n) is 5.76. The van der Waals surface area contributed by atoms with Gasteiger partial charge in [0.15, 0.2) is 0 Å². The highest BCUT2D eigenvalue weighted by Gasteiger charge is 2.34. The number of nitrogens with zero attached hydrogens (tertiary/aromatic N) is 1. The molecule has 27 heavy (non-hydrogen) atoms. The van der Waals surface area contributed by atoms with E-state index in [-0.39, 0.29) is 30.0 Å². The highest BCUT2D eigenvalue weighted by molar-refractivity contribution is 7.99. The summed E-state index contributed by atoms with van der Waals surface area (Å²) < 4.78 is 5.07. The molecule has 6 nitrogen and oxygen atoms in total. The number of benzene rings is 2. The first-order valence-electron chi connectivity index (χ1n) is 8.17. The van der Waals surface area contributed by atoms with Crippen molar-refractivity contribution in [3.8, 4) is 5.75 Å². The third-order valence-corrected chi connectivity index (χ3v) is 5.24. The third kappa shape index (κ3) is 4.26. The van der Waals surface area contributed by atoms with Gasteiger partial charge in [0.2, 0.25) is 5.91 Å². The van der Waals surface area contributed by atoms with Crippen LogP contribution in [0.4, 0.5) is 5.69 Å². The van der Waals surface area contributed by atoms with Crippen molar-refractivity contribution in [2.24, 2.45) is 0 Å². The zero-order chi connectivity index (χ0) is 19.4. The number of carbonyl (C=O) groups is 3. The molecule has 0 unspecified atom stereocenters. The lowest BCUT2D eigenvalue weighted by Gasteiger charge is -2.13. The summed E-state index contributed by atoms with van der Waals surface area (Å²) in [4.78, 5) is 37.8. The van der Waals surface area contributed by atoms with Gasteiger partial charge in [0.1, 0.15) is 5.75 Å². The number of halogens is 1. The van der Waals surface area contributed by atoms with Crippen LogP contribution in [0.3, 0.4) is 0 Å². The molecule has 2 aromatic carbocycles. The molecule has 8 heteroatoms. The van der Waals surface area contributed by atoms with Gasteiger partial charge >= 0.3 is 0 Å². The molecule has 0 aliphatic carbocycles. The monoisotopic (exact) mass is 404 g/mol. The van der Waals surface area contributed by atoms with E-state index < -0.39 is 0 Å². The Kier molecular flexibility index (Phi) is 6.03. The molecule has 3 amide bonds. The fraction of sp³-hybridized carbons (Fsp3) is 0.211. The molecule has 1 aliphatic rings. The zero-order valence-electron chi connectivity index (χ0n) is 14.5. The van der Waals surface area contributed by atoms with Crippen LogP contribution < -0.4 is 10.1 Å². The van der Waals surface area contributed by atoms with Gasteiger partial charge < -0.3 is 10.1 Å². The van der Waals surface area contributed by atoms with E-state index in [4.69, 9.17) is 16.3 Å². The number of imide groups is 1. The van der Waals surface area contributed by atoms with Gasteiger partial charge in [-0.05, 0) is 30.3 Å². The molecule has 0 fully saturated rings. The number of nitrogens with one attached hydrogen (secondary N) is 1. The van der Waals surface area contributed by atoms with Gasteiger partial charge in [-0.25, -0.2) is 0 Å². The molecule has 0 spiro atoms. The number of methoxy groups -OCH3 is 1. The predicted octanol–water partition coefficient (Wildman–Crippen LogP) is 3.32. The Morgan fingerprint density at radius 1 is 1.15 bits per heavy atom. The van der Waals surface area contributed by atoms with E-state index >= 15 is 0 Å². The molecule has 0 saturated carbocycles. The largest absolute Gasteiger partial charge is 0.495 e. The van der Waals surface area contributed by atoms with Crippen LogP contribution in [0.2, 0.25) is 5.02 Å². The molecule has 0 bridgehead atoms. The lowest BCUT2D eigenvalue weighted by Crippen LogP contribution is -2.32. The maximum Gasteiger partial charge on any atom is 0.261 e. The first kappa shape index (κ1) is 19.3. The van der Waals surface area contributed by atoms with Crippen molar-refractivity contribution in [3.05, 3.63) is 58.6 Å². The number of hydrogen-bond acceptors (Lipinski definition) is 5. The molecule has 0 radical (unpaired) electrons. The minimum Gasteiger partial charge on any atom is -0.495 e. The Morgan fingerprint density at radius 3 is 2.41 bits per heavy atom. The number of rotatable bonds is 7. The summed E-state index contributed by atoms with van der Waals surface area (Å²) in [6.45, 7) is 0.263. The summed E-state index contributed by atoms with van der Waals surface area (Å²) in [5, 5.41) is 3.16. The van der Waals surface area contributed by atoms with E-state index in [1.165, 1.54) is 23.8 Å². The molecule has 2 aromatic rings. The maximum atomic E-state index is 12.3. The quantitative estimate of drug-likeness (QED) is 0.566. The molecule has 0 aromatic heterocycles. The van der Waals surface area contributed by atoms with Gasteiger partial charge in [0.25, 0.3) is 11.8 Å². The van der Waals surface area contributed by atoms with Crippen LogP contribution in [0.5, 0.6) is 5.75 Å². The van der Waals surface area contributed by atoms with Gasteiger partial charge in [-0.1, -0.05) is 23.7 Å². The number of hydrogen-bond donors (Lipinski definition) is 1. The Balaban J connectivity index is 1.45. The van der Waals surface area contributed by atoms with Crippen molar-refractivity contribution in [2.75, 3.05) is 30.5 Å². The molecular formula is C19H17ClN2O4S. The van der Waals surface area contributed by atoms with Crippen LogP contribution in [0, 0.1) is 0 Å². The van der Waals surface area contributed by atoms with E-state index in [1.54, 1.807) is 42.5 Å². The van der Waals surface area contributed by atoms with E-state index in [0.717, 1.165) is 0 Å². The van der Waals surface area contributed by atoms with Gasteiger partial charge in [-0.15, -0.1) is 0 Å². The topological polar surface area (TPSA) is 75.7 Å². The fourth-order valence-electron chi connectivity index (χ4n) is 2.70. The van der Waals surface area contributed by atoms with Crippen molar-refractivity contribution >= 4 is 46.8 Å². The van der Waals surface area contributed by atoms with Crippen molar-refractivity contribution in [3.63, 3.8) is 0 Å². The number of ether oxygens (including phenoxy) is 1. The first-order chi connectivity index (χ1) is 13.0. The standard InChI is InChI=1S/C19H17ClN2O4S/c1-26-16-7-6-12(10-15(16)20)21-17(23)11-27-9-8-22-18(24)13-4-2-3-5-14(13)19(22)25/h2-7,10H,8-9,11H2,1H3,(H,21,23). The summed E-state index contributed by atoms with van der Waals surface area (Å²) in [5.74, 6) is 0.449. The lowest BCUT2D eigenvalue weighted by molar-refractivity contribution is -0.113. The van der Waals surface area contributed by atoms with Crippen molar-refractivity contribution < 1.29 is 19.1 Å². The highest BCUT2D eigenvalue weighted by Crippen LogP contribution is 2.27. The molecule has 3 rings (SSSR count). The smallest absolute Gasteiger partial charge is 0.261 e. The average molecular weight is 405 g/mol. The van der Waals surface area contributed by atoms with Crippen LogP contribution >= 0.6 is 23.4 Å². The highest BCUT2D eigenvalue weighted by atomic mass is 35.5. The summed E-state index contributed by atoms with van der Waals surface area (Å²) in [6.07, 6.45) is 0. The average Bonchev–Trinajstić information content (AvgIpc) is 2.90. The van der Waals surface area contributed by atoms with E-state index in [1.807, 2.05) is 0 Å². The van der Waals surface area contributed by atoms with E-state index in [9.17, 15) is 14.4 Å². The number of carbonyl (C=O) groups excluding carboxylic acids is 3. The van der Waals surface area contributed by atoms with Crippen molar-refractivity contribution in [1.82, 2.24) is 4.90 Å². The Bertz CT molecular complexity index is 868. The Hall–Kier alpha value is -2.51. The van der Waals surface area contributed by atoms with E-state index in [2.05, 4.69) is 5.32 Å². The molecule has 1 aliphatic heterocycles. The van der Waals surface area contributed by atoms with Gasteiger partial charge in [-0.2, -0.15) is 11.8 Å². The van der Waals surface area contributed by atoms with Crippen LogP contribution in [0.1, 0.15) is 20.7 Å². The fourth-order valence-corrected chi connectivity index (χ4v) is 3.68. The SMILES string of the molecule is COc1ccc(NC(=O)CSCCN2C(=O)c3ccccc3C2=O)cc1Cl. The Morgan fingerprint density at radius 2 is 1.81 bits per heavy atom.